The number of β-amino-alcohol motifs (C(OH)–C–C–N with tert-alkyl or cyclic N) is 1. The summed E-state index contributed by atoms with van der Waals surface area (Å²) in [7, 11) is 0. The average Bonchev–Trinajstić information content (AvgIpc) is 2.77. The highest BCUT2D eigenvalue weighted by Gasteiger charge is 2.42. The predicted octanol–water partition coefficient (Wildman–Crippen LogP) is 6.81. The molecule has 1 heterocycles. The summed E-state index contributed by atoms with van der Waals surface area (Å²) in [5.74, 6) is -0.967. The van der Waals surface area contributed by atoms with Gasteiger partial charge in [-0.2, -0.15) is 13.2 Å². The standard InChI is InChI=1S/C25H20F7NO2/c26-17-6-1-5-16(12-17)21-11-10-20-19(15-4-2-7-18(13-15)35-25(30,31)32)8-3-9-22(20)33(21)14-23(34)24(27,28)29/h1-9,12-13,21,23,34H,10-11,14H2. The van der Waals surface area contributed by atoms with E-state index in [0.717, 1.165) is 6.07 Å². The van der Waals surface area contributed by atoms with Gasteiger partial charge in [-0.05, 0) is 65.4 Å². The largest absolute Gasteiger partial charge is 0.573 e. The van der Waals surface area contributed by atoms with Crippen LogP contribution in [0.15, 0.2) is 66.7 Å². The summed E-state index contributed by atoms with van der Waals surface area (Å²) >= 11 is 0. The summed E-state index contributed by atoms with van der Waals surface area (Å²) < 4.78 is 95.7. The molecule has 0 fully saturated rings. The fourth-order valence-electron chi connectivity index (χ4n) is 4.42. The van der Waals surface area contributed by atoms with E-state index >= 15 is 0 Å². The van der Waals surface area contributed by atoms with Crippen LogP contribution in [0.3, 0.4) is 0 Å². The fraction of sp³-hybridized carbons (Fsp3) is 0.280. The number of anilines is 1. The first-order chi connectivity index (χ1) is 16.4. The summed E-state index contributed by atoms with van der Waals surface area (Å²) in [5.41, 5.74) is 2.37. The molecule has 3 nitrogen and oxygen atoms in total. The second-order valence-electron chi connectivity index (χ2n) is 8.20. The molecule has 0 bridgehead atoms. The Kier molecular flexibility index (Phi) is 6.68. The third-order valence-corrected chi connectivity index (χ3v) is 5.86. The lowest BCUT2D eigenvalue weighted by atomic mass is 9.86. The minimum atomic E-state index is -4.88. The second kappa shape index (κ2) is 9.41. The molecule has 0 aromatic heterocycles. The molecule has 10 heteroatoms. The zero-order valence-corrected chi connectivity index (χ0v) is 18.1. The third-order valence-electron chi connectivity index (χ3n) is 5.86. The molecular weight excluding hydrogens is 479 g/mol. The normalized spacial score (nSPS) is 17.1. The Labute approximate surface area is 196 Å². The Morgan fingerprint density at radius 2 is 1.66 bits per heavy atom. The van der Waals surface area contributed by atoms with Gasteiger partial charge in [-0.1, -0.05) is 36.4 Å². The van der Waals surface area contributed by atoms with Crippen molar-refractivity contribution in [2.24, 2.45) is 0 Å². The van der Waals surface area contributed by atoms with E-state index in [2.05, 4.69) is 4.74 Å². The average molecular weight is 499 g/mol. The van der Waals surface area contributed by atoms with Gasteiger partial charge in [-0.3, -0.25) is 0 Å². The number of hydrogen-bond donors (Lipinski definition) is 1. The zero-order valence-electron chi connectivity index (χ0n) is 18.1. The smallest absolute Gasteiger partial charge is 0.406 e. The van der Waals surface area contributed by atoms with Gasteiger partial charge in [0, 0.05) is 5.69 Å². The molecule has 4 rings (SSSR count). The van der Waals surface area contributed by atoms with Crippen molar-refractivity contribution in [3.63, 3.8) is 0 Å². The SMILES string of the molecule is OC(CN1c2cccc(-c3cccc(OC(F)(F)F)c3)c2CCC1c1cccc(F)c1)C(F)(F)F. The van der Waals surface area contributed by atoms with E-state index in [1.54, 1.807) is 30.3 Å². The van der Waals surface area contributed by atoms with E-state index < -0.39 is 42.8 Å². The maximum absolute atomic E-state index is 13.9. The number of hydrogen-bond acceptors (Lipinski definition) is 3. The Morgan fingerprint density at radius 3 is 2.34 bits per heavy atom. The van der Waals surface area contributed by atoms with Gasteiger partial charge in [-0.15, -0.1) is 13.2 Å². The molecule has 0 spiro atoms. The topological polar surface area (TPSA) is 32.7 Å². The van der Waals surface area contributed by atoms with Gasteiger partial charge >= 0.3 is 12.5 Å². The number of aliphatic hydroxyl groups is 1. The summed E-state index contributed by atoms with van der Waals surface area (Å²) in [6.45, 7) is -0.793. The Bertz CT molecular complexity index is 1190. The van der Waals surface area contributed by atoms with Gasteiger partial charge in [-0.25, -0.2) is 4.39 Å². The number of rotatable bonds is 5. The molecule has 0 amide bonds. The molecule has 1 N–H and O–H groups in total. The fourth-order valence-corrected chi connectivity index (χ4v) is 4.42. The summed E-state index contributed by atoms with van der Waals surface area (Å²) in [6.07, 6.45) is -11.7. The molecular formula is C25H20F7NO2. The van der Waals surface area contributed by atoms with Crippen LogP contribution in [0.1, 0.15) is 23.6 Å². The Hall–Kier alpha value is -3.27. The molecule has 1 aliphatic heterocycles. The lowest BCUT2D eigenvalue weighted by Gasteiger charge is -2.41. The van der Waals surface area contributed by atoms with Gasteiger partial charge in [0.2, 0.25) is 0 Å². The molecule has 0 saturated heterocycles. The number of fused-ring (bicyclic) bond motifs is 1. The van der Waals surface area contributed by atoms with E-state index in [4.69, 9.17) is 0 Å². The van der Waals surface area contributed by atoms with Crippen LogP contribution in [0, 0.1) is 5.82 Å². The lowest BCUT2D eigenvalue weighted by molar-refractivity contribution is -0.274. The number of nitrogens with zero attached hydrogens (tertiary/aromatic N) is 1. The first kappa shape index (κ1) is 24.8. The third kappa shape index (κ3) is 5.70. The Morgan fingerprint density at radius 1 is 0.943 bits per heavy atom. The highest BCUT2D eigenvalue weighted by atomic mass is 19.4. The highest BCUT2D eigenvalue weighted by molar-refractivity contribution is 5.76. The van der Waals surface area contributed by atoms with Crippen molar-refractivity contribution >= 4 is 5.69 Å². The molecule has 35 heavy (non-hydrogen) atoms. The molecule has 0 saturated carbocycles. The number of halogens is 7. The van der Waals surface area contributed by atoms with Crippen LogP contribution in [0.4, 0.5) is 36.4 Å². The molecule has 2 unspecified atom stereocenters. The number of aliphatic hydroxyl groups excluding tert-OH is 1. The first-order valence-electron chi connectivity index (χ1n) is 10.7. The molecule has 0 radical (unpaired) electrons. The van der Waals surface area contributed by atoms with Gasteiger partial charge in [0.25, 0.3) is 0 Å². The zero-order chi connectivity index (χ0) is 25.4. The quantitative estimate of drug-likeness (QED) is 0.392. The van der Waals surface area contributed by atoms with E-state index in [1.165, 1.54) is 35.2 Å². The molecule has 3 aromatic rings. The second-order valence-corrected chi connectivity index (χ2v) is 8.20. The first-order valence-corrected chi connectivity index (χ1v) is 10.7. The molecule has 0 aliphatic carbocycles. The highest BCUT2D eigenvalue weighted by Crippen LogP contribution is 2.44. The molecule has 2 atom stereocenters. The van der Waals surface area contributed by atoms with Crippen LogP contribution in [0.5, 0.6) is 5.75 Å². The monoisotopic (exact) mass is 499 g/mol. The summed E-state index contributed by atoms with van der Waals surface area (Å²) in [5, 5.41) is 9.85. The van der Waals surface area contributed by atoms with Crippen LogP contribution in [-0.4, -0.2) is 30.3 Å². The number of ether oxygens (including phenoxy) is 1. The van der Waals surface area contributed by atoms with Crippen LogP contribution >= 0.6 is 0 Å². The van der Waals surface area contributed by atoms with Gasteiger partial charge in [0.15, 0.2) is 6.10 Å². The summed E-state index contributed by atoms with van der Waals surface area (Å²) in [6, 6.07) is 15.0. The maximum Gasteiger partial charge on any atom is 0.573 e. The lowest BCUT2D eigenvalue weighted by Crippen LogP contribution is -2.44. The van der Waals surface area contributed by atoms with Crippen molar-refractivity contribution in [2.75, 3.05) is 11.4 Å². The van der Waals surface area contributed by atoms with Crippen molar-refractivity contribution in [1.82, 2.24) is 0 Å². The Balaban J connectivity index is 1.78. The number of benzene rings is 3. The van der Waals surface area contributed by atoms with Crippen LogP contribution in [-0.2, 0) is 6.42 Å². The minimum absolute atomic E-state index is 0.302. The predicted molar refractivity (Wildman–Crippen MR) is 115 cm³/mol. The van der Waals surface area contributed by atoms with Crippen LogP contribution in [0.2, 0.25) is 0 Å². The van der Waals surface area contributed by atoms with E-state index in [-0.39, 0.29) is 0 Å². The van der Waals surface area contributed by atoms with Gasteiger partial charge < -0.3 is 14.7 Å². The van der Waals surface area contributed by atoms with E-state index in [0.29, 0.717) is 40.8 Å². The van der Waals surface area contributed by atoms with Gasteiger partial charge in [0.1, 0.15) is 11.6 Å². The molecule has 3 aromatic carbocycles. The molecule has 1 aliphatic rings. The summed E-state index contributed by atoms with van der Waals surface area (Å²) in [4.78, 5) is 1.38. The van der Waals surface area contributed by atoms with Crippen molar-refractivity contribution < 1.29 is 40.6 Å². The van der Waals surface area contributed by atoms with Crippen molar-refractivity contribution in [2.45, 2.75) is 37.5 Å². The van der Waals surface area contributed by atoms with Crippen molar-refractivity contribution in [3.8, 4) is 16.9 Å². The van der Waals surface area contributed by atoms with E-state index in [9.17, 15) is 35.8 Å². The minimum Gasteiger partial charge on any atom is -0.406 e. The van der Waals surface area contributed by atoms with Crippen LogP contribution in [0.25, 0.3) is 11.1 Å². The van der Waals surface area contributed by atoms with Crippen molar-refractivity contribution in [3.05, 3.63) is 83.7 Å². The van der Waals surface area contributed by atoms with Crippen molar-refractivity contribution in [1.29, 1.82) is 0 Å². The van der Waals surface area contributed by atoms with Gasteiger partial charge in [0.05, 0.1) is 12.6 Å². The molecule has 186 valence electrons. The van der Waals surface area contributed by atoms with E-state index in [1.807, 2.05) is 0 Å². The number of alkyl halides is 6. The maximum atomic E-state index is 13.9. The van der Waals surface area contributed by atoms with Crippen LogP contribution < -0.4 is 9.64 Å².